The minimum absolute atomic E-state index is 0.237. The van der Waals surface area contributed by atoms with Crippen molar-refractivity contribution >= 4 is 5.97 Å². The Hall–Kier alpha value is -2.24. The summed E-state index contributed by atoms with van der Waals surface area (Å²) in [6.07, 6.45) is 1.88. The molecule has 94 valence electrons. The molecule has 0 radical (unpaired) electrons. The molecule has 0 fully saturated rings. The van der Waals surface area contributed by atoms with E-state index in [0.717, 1.165) is 5.69 Å². The van der Waals surface area contributed by atoms with Crippen LogP contribution in [0, 0.1) is 5.92 Å². The maximum atomic E-state index is 11.6. The predicted molar refractivity (Wildman–Crippen MR) is 64.2 cm³/mol. The number of nitrogens with zero attached hydrogens (tertiary/aromatic N) is 4. The van der Waals surface area contributed by atoms with Crippen LogP contribution in [-0.4, -0.2) is 26.2 Å². The van der Waals surface area contributed by atoms with Crippen LogP contribution in [0.4, 0.5) is 0 Å². The standard InChI is InChI=1S/C12H14N4O2/c1-9(2)6-12(17)18-11-5-3-4-10(7-11)16-8-13-14-15-16/h3-5,7-9H,6H2,1-2H3. The lowest BCUT2D eigenvalue weighted by molar-refractivity contribution is -0.135. The van der Waals surface area contributed by atoms with E-state index in [1.807, 2.05) is 19.9 Å². The normalized spacial score (nSPS) is 10.6. The van der Waals surface area contributed by atoms with Crippen molar-refractivity contribution in [2.24, 2.45) is 5.92 Å². The second-order valence-corrected chi connectivity index (χ2v) is 4.32. The van der Waals surface area contributed by atoms with E-state index in [0.29, 0.717) is 12.2 Å². The average Bonchev–Trinajstić information content (AvgIpc) is 2.81. The van der Waals surface area contributed by atoms with E-state index in [1.165, 1.54) is 11.0 Å². The van der Waals surface area contributed by atoms with Gasteiger partial charge in [-0.2, -0.15) is 0 Å². The Morgan fingerprint density at radius 1 is 1.44 bits per heavy atom. The van der Waals surface area contributed by atoms with Gasteiger partial charge >= 0.3 is 5.97 Å². The Kier molecular flexibility index (Phi) is 3.66. The lowest BCUT2D eigenvalue weighted by atomic mass is 10.1. The van der Waals surface area contributed by atoms with Gasteiger partial charge in [0.2, 0.25) is 0 Å². The van der Waals surface area contributed by atoms with Crippen LogP contribution in [0.25, 0.3) is 5.69 Å². The molecule has 1 aromatic carbocycles. The summed E-state index contributed by atoms with van der Waals surface area (Å²) in [7, 11) is 0. The lowest BCUT2D eigenvalue weighted by Gasteiger charge is -2.07. The van der Waals surface area contributed by atoms with E-state index >= 15 is 0 Å². The first-order chi connectivity index (χ1) is 8.65. The maximum Gasteiger partial charge on any atom is 0.311 e. The van der Waals surface area contributed by atoms with Gasteiger partial charge < -0.3 is 4.74 Å². The molecule has 2 rings (SSSR count). The largest absolute Gasteiger partial charge is 0.426 e. The molecule has 0 saturated carbocycles. The molecular formula is C12H14N4O2. The molecule has 0 spiro atoms. The number of tetrazole rings is 1. The molecule has 0 unspecified atom stereocenters. The highest BCUT2D eigenvalue weighted by Crippen LogP contribution is 2.16. The molecule has 1 heterocycles. The predicted octanol–water partition coefficient (Wildman–Crippen LogP) is 1.61. The van der Waals surface area contributed by atoms with Crippen LogP contribution in [0.1, 0.15) is 20.3 Å². The number of carbonyl (C=O) groups excluding carboxylic acids is 1. The average molecular weight is 246 g/mol. The number of benzene rings is 1. The van der Waals surface area contributed by atoms with Crippen LogP contribution in [0.15, 0.2) is 30.6 Å². The quantitative estimate of drug-likeness (QED) is 0.605. The molecule has 0 atom stereocenters. The number of carbonyl (C=O) groups is 1. The molecule has 6 heteroatoms. The number of rotatable bonds is 4. The molecule has 18 heavy (non-hydrogen) atoms. The monoisotopic (exact) mass is 246 g/mol. The van der Waals surface area contributed by atoms with E-state index < -0.39 is 0 Å². The molecule has 0 aliphatic rings. The van der Waals surface area contributed by atoms with E-state index in [2.05, 4.69) is 15.5 Å². The second-order valence-electron chi connectivity index (χ2n) is 4.32. The van der Waals surface area contributed by atoms with Crippen molar-refractivity contribution < 1.29 is 9.53 Å². The Bertz CT molecular complexity index is 523. The van der Waals surface area contributed by atoms with Crippen LogP contribution in [0.2, 0.25) is 0 Å². The summed E-state index contributed by atoms with van der Waals surface area (Å²) in [5.41, 5.74) is 0.745. The van der Waals surface area contributed by atoms with Gasteiger partial charge in [-0.25, -0.2) is 4.68 Å². The van der Waals surface area contributed by atoms with E-state index in [9.17, 15) is 4.79 Å². The minimum atomic E-state index is -0.237. The third kappa shape index (κ3) is 3.13. The number of esters is 1. The molecule has 6 nitrogen and oxygen atoms in total. The maximum absolute atomic E-state index is 11.6. The first kappa shape index (κ1) is 12.2. The molecule has 1 aromatic heterocycles. The Morgan fingerprint density at radius 2 is 2.28 bits per heavy atom. The lowest BCUT2D eigenvalue weighted by Crippen LogP contribution is -2.11. The van der Waals surface area contributed by atoms with Gasteiger partial charge in [-0.3, -0.25) is 4.79 Å². The van der Waals surface area contributed by atoms with Crippen molar-refractivity contribution in [2.45, 2.75) is 20.3 Å². The Labute approximate surface area is 105 Å². The van der Waals surface area contributed by atoms with E-state index in [1.54, 1.807) is 18.2 Å². The van der Waals surface area contributed by atoms with E-state index in [4.69, 9.17) is 4.74 Å². The summed E-state index contributed by atoms with van der Waals surface area (Å²) in [6.45, 7) is 3.94. The molecule has 0 saturated heterocycles. The fraction of sp³-hybridized carbons (Fsp3) is 0.333. The van der Waals surface area contributed by atoms with Gasteiger partial charge in [0, 0.05) is 12.5 Å². The van der Waals surface area contributed by atoms with Crippen molar-refractivity contribution in [3.63, 3.8) is 0 Å². The van der Waals surface area contributed by atoms with Gasteiger partial charge in [-0.1, -0.05) is 19.9 Å². The molecule has 0 aliphatic heterocycles. The number of aromatic nitrogens is 4. The van der Waals surface area contributed by atoms with Crippen molar-refractivity contribution in [1.82, 2.24) is 20.2 Å². The smallest absolute Gasteiger partial charge is 0.311 e. The summed E-state index contributed by atoms with van der Waals surface area (Å²) in [6, 6.07) is 7.06. The number of ether oxygens (including phenoxy) is 1. The third-order valence-corrected chi connectivity index (χ3v) is 2.24. The SMILES string of the molecule is CC(C)CC(=O)Oc1cccc(-n2cnnn2)c1. The minimum Gasteiger partial charge on any atom is -0.426 e. The van der Waals surface area contributed by atoms with Gasteiger partial charge in [0.1, 0.15) is 12.1 Å². The van der Waals surface area contributed by atoms with Crippen LogP contribution in [-0.2, 0) is 4.79 Å². The highest BCUT2D eigenvalue weighted by molar-refractivity contribution is 5.72. The fourth-order valence-electron chi connectivity index (χ4n) is 1.48. The fourth-order valence-corrected chi connectivity index (χ4v) is 1.48. The zero-order valence-electron chi connectivity index (χ0n) is 10.3. The topological polar surface area (TPSA) is 69.9 Å². The van der Waals surface area contributed by atoms with Crippen molar-refractivity contribution in [3.05, 3.63) is 30.6 Å². The third-order valence-electron chi connectivity index (χ3n) is 2.24. The van der Waals surface area contributed by atoms with Crippen molar-refractivity contribution in [3.8, 4) is 11.4 Å². The van der Waals surface area contributed by atoms with Crippen LogP contribution < -0.4 is 4.74 Å². The van der Waals surface area contributed by atoms with Crippen molar-refractivity contribution in [2.75, 3.05) is 0 Å². The molecule has 0 bridgehead atoms. The molecule has 0 N–H and O–H groups in total. The zero-order valence-corrected chi connectivity index (χ0v) is 10.3. The summed E-state index contributed by atoms with van der Waals surface area (Å²) >= 11 is 0. The first-order valence-corrected chi connectivity index (χ1v) is 5.69. The number of hydrogen-bond donors (Lipinski definition) is 0. The van der Waals surface area contributed by atoms with E-state index in [-0.39, 0.29) is 11.9 Å². The van der Waals surface area contributed by atoms with Gasteiger partial charge in [-0.05, 0) is 28.5 Å². The van der Waals surface area contributed by atoms with Crippen LogP contribution >= 0.6 is 0 Å². The molecular weight excluding hydrogens is 232 g/mol. The Balaban J connectivity index is 2.11. The molecule has 0 amide bonds. The summed E-state index contributed by atoms with van der Waals surface area (Å²) in [5.74, 6) is 0.535. The van der Waals surface area contributed by atoms with Gasteiger partial charge in [0.15, 0.2) is 0 Å². The molecule has 0 aliphatic carbocycles. The van der Waals surface area contributed by atoms with Crippen molar-refractivity contribution in [1.29, 1.82) is 0 Å². The van der Waals surface area contributed by atoms with Gasteiger partial charge in [-0.15, -0.1) is 5.10 Å². The second kappa shape index (κ2) is 5.39. The number of hydrogen-bond acceptors (Lipinski definition) is 5. The summed E-state index contributed by atoms with van der Waals surface area (Å²) in [4.78, 5) is 11.6. The van der Waals surface area contributed by atoms with Gasteiger partial charge in [0.25, 0.3) is 0 Å². The summed E-state index contributed by atoms with van der Waals surface area (Å²) in [5, 5.41) is 10.9. The van der Waals surface area contributed by atoms with Crippen LogP contribution in [0.3, 0.4) is 0 Å². The Morgan fingerprint density at radius 3 is 2.94 bits per heavy atom. The summed E-state index contributed by atoms with van der Waals surface area (Å²) < 4.78 is 6.74. The van der Waals surface area contributed by atoms with Crippen LogP contribution in [0.5, 0.6) is 5.75 Å². The zero-order chi connectivity index (χ0) is 13.0. The highest BCUT2D eigenvalue weighted by atomic mass is 16.5. The highest BCUT2D eigenvalue weighted by Gasteiger charge is 2.08. The van der Waals surface area contributed by atoms with Gasteiger partial charge in [0.05, 0.1) is 5.69 Å². The first-order valence-electron chi connectivity index (χ1n) is 5.69. The molecule has 2 aromatic rings.